The summed E-state index contributed by atoms with van der Waals surface area (Å²) in [6.45, 7) is 20.2. The van der Waals surface area contributed by atoms with Gasteiger partial charge in [0.15, 0.2) is 11.0 Å². The number of benzene rings is 4. The highest BCUT2D eigenvalue weighted by molar-refractivity contribution is 6.09. The maximum Gasteiger partial charge on any atom is 0.250 e. The third-order valence-electron chi connectivity index (χ3n) is 9.11. The van der Waals surface area contributed by atoms with Crippen molar-refractivity contribution in [2.45, 2.75) is 78.7 Å². The Morgan fingerprint density at radius 1 is 0.596 bits per heavy atom. The molecule has 0 unspecified atom stereocenters. The van der Waals surface area contributed by atoms with E-state index in [1.54, 1.807) is 0 Å². The van der Waals surface area contributed by atoms with Crippen molar-refractivity contribution in [3.8, 4) is 23.0 Å². The molecule has 3 aromatic heterocycles. The summed E-state index contributed by atoms with van der Waals surface area (Å²) < 4.78 is 13.7. The number of pyridine rings is 1. The number of imidazole rings is 1. The maximum atomic E-state index is 6.78. The van der Waals surface area contributed by atoms with Gasteiger partial charge in [0, 0.05) is 29.1 Å². The van der Waals surface area contributed by atoms with Crippen molar-refractivity contribution in [3.05, 3.63) is 121 Å². The fraction of sp³-hybridized carbons (Fsp3) is 0.286. The van der Waals surface area contributed by atoms with Crippen LogP contribution in [-0.4, -0.2) is 14.1 Å². The van der Waals surface area contributed by atoms with Gasteiger partial charge in [0.25, 0.3) is 0 Å². The molecule has 3 heterocycles. The molecule has 0 aliphatic carbocycles. The van der Waals surface area contributed by atoms with E-state index >= 15 is 0 Å². The molecule has 0 aliphatic heterocycles. The number of fused-ring (bicyclic) bond motifs is 4. The average Bonchev–Trinajstić information content (AvgIpc) is 3.57. The molecule has 47 heavy (non-hydrogen) atoms. The number of hydrogen-bond donors (Lipinski definition) is 0. The van der Waals surface area contributed by atoms with E-state index < -0.39 is 0 Å². The number of nitrogens with zero attached hydrogens (tertiary/aromatic N) is 4. The van der Waals surface area contributed by atoms with Crippen molar-refractivity contribution in [1.29, 1.82) is 0 Å². The van der Waals surface area contributed by atoms with E-state index in [-0.39, 0.29) is 16.4 Å². The zero-order valence-corrected chi connectivity index (χ0v) is 29.1. The van der Waals surface area contributed by atoms with Crippen molar-refractivity contribution in [2.75, 3.05) is 0 Å². The Kier molecular flexibility index (Phi) is 7.09. The summed E-state index contributed by atoms with van der Waals surface area (Å²) in [5.74, 6) is 2.50. The van der Waals surface area contributed by atoms with E-state index in [9.17, 15) is 0 Å². The van der Waals surface area contributed by atoms with Crippen LogP contribution in [0.25, 0.3) is 44.3 Å². The van der Waals surface area contributed by atoms with Gasteiger partial charge in [-0.25, -0.2) is 9.55 Å². The zero-order valence-electron chi connectivity index (χ0n) is 29.1. The molecular formula is C42H45N4O+. The Morgan fingerprint density at radius 3 is 2.00 bits per heavy atom. The Labute approximate surface area is 278 Å². The summed E-state index contributed by atoms with van der Waals surface area (Å²) in [7, 11) is 0. The van der Waals surface area contributed by atoms with Crippen LogP contribution in [0.1, 0.15) is 73.4 Å². The van der Waals surface area contributed by atoms with Crippen molar-refractivity contribution in [3.63, 3.8) is 0 Å². The lowest BCUT2D eigenvalue weighted by Gasteiger charge is -2.21. The highest BCUT2D eigenvalue weighted by Gasteiger charge is 2.27. The van der Waals surface area contributed by atoms with Gasteiger partial charge in [-0.2, -0.15) is 4.57 Å². The predicted octanol–water partition coefficient (Wildman–Crippen LogP) is 10.6. The molecule has 7 rings (SSSR count). The van der Waals surface area contributed by atoms with Crippen molar-refractivity contribution in [1.82, 2.24) is 14.1 Å². The van der Waals surface area contributed by atoms with Gasteiger partial charge in [-0.15, -0.1) is 0 Å². The van der Waals surface area contributed by atoms with Crippen molar-refractivity contribution >= 4 is 32.8 Å². The normalized spacial score (nSPS) is 12.8. The highest BCUT2D eigenvalue weighted by Crippen LogP contribution is 2.37. The van der Waals surface area contributed by atoms with Crippen LogP contribution in [0, 0.1) is 0 Å². The Balaban J connectivity index is 1.38. The van der Waals surface area contributed by atoms with Crippen LogP contribution in [0.5, 0.6) is 11.5 Å². The molecule has 0 saturated carbocycles. The quantitative estimate of drug-likeness (QED) is 0.183. The molecule has 0 N–H and O–H groups in total. The van der Waals surface area contributed by atoms with Gasteiger partial charge < -0.3 is 4.74 Å². The lowest BCUT2D eigenvalue weighted by molar-refractivity contribution is -0.731. The zero-order chi connectivity index (χ0) is 33.3. The predicted molar refractivity (Wildman–Crippen MR) is 195 cm³/mol. The van der Waals surface area contributed by atoms with Crippen LogP contribution in [0.2, 0.25) is 0 Å². The third kappa shape index (κ3) is 5.58. The van der Waals surface area contributed by atoms with Gasteiger partial charge in [-0.1, -0.05) is 71.9 Å². The van der Waals surface area contributed by atoms with Crippen molar-refractivity contribution < 1.29 is 9.30 Å². The van der Waals surface area contributed by atoms with Gasteiger partial charge >= 0.3 is 0 Å². The van der Waals surface area contributed by atoms with E-state index in [4.69, 9.17) is 9.72 Å². The first kappa shape index (κ1) is 30.7. The Morgan fingerprint density at radius 2 is 1.28 bits per heavy atom. The molecule has 4 aromatic carbocycles. The first-order valence-electron chi connectivity index (χ1n) is 16.5. The van der Waals surface area contributed by atoms with Gasteiger partial charge in [-0.3, -0.25) is 4.57 Å². The van der Waals surface area contributed by atoms with E-state index in [1.165, 1.54) is 27.4 Å². The average molecular weight is 622 g/mol. The second-order valence-corrected chi connectivity index (χ2v) is 15.8. The summed E-state index contributed by atoms with van der Waals surface area (Å²) in [5.41, 5.74) is 7.96. The molecule has 7 aromatic rings. The van der Waals surface area contributed by atoms with E-state index in [2.05, 4.69) is 179 Å². The highest BCUT2D eigenvalue weighted by atomic mass is 16.5. The first-order chi connectivity index (χ1) is 22.2. The lowest BCUT2D eigenvalue weighted by Crippen LogP contribution is -2.49. The molecule has 0 radical (unpaired) electrons. The third-order valence-corrected chi connectivity index (χ3v) is 9.11. The number of ether oxygens (including phenoxy) is 1. The summed E-state index contributed by atoms with van der Waals surface area (Å²) in [6, 6.07) is 34.5. The molecule has 0 atom stereocenters. The van der Waals surface area contributed by atoms with Crippen LogP contribution in [-0.2, 0) is 16.4 Å². The second-order valence-electron chi connectivity index (χ2n) is 15.8. The lowest BCUT2D eigenvalue weighted by atomic mass is 9.86. The van der Waals surface area contributed by atoms with Gasteiger partial charge in [0.1, 0.15) is 28.5 Å². The minimum Gasteiger partial charge on any atom is -0.457 e. The topological polar surface area (TPSA) is 35.9 Å². The SMILES string of the molecule is CC(C)(C)c1cc(Oc2ccc3c4ccccc4n(-c4cc(C(C)(C)C)ccn4)c3c2)cc(-n2c[n+](C(C)(C)C)c3ccccc32)c1. The smallest absolute Gasteiger partial charge is 0.250 e. The standard InChI is InChI=1S/C42H45N4O/c1-40(2,3)28-20-21-43-39(24-28)46-35-15-11-10-14-33(35)34-19-18-31(26-38(34)46)47-32-23-29(41(4,5)6)22-30(25-32)44-27-45(42(7,8)9)37-17-13-12-16-36(37)44/h10-27H,1-9H3/q+1. The minimum atomic E-state index is -0.0722. The van der Waals surface area contributed by atoms with Crippen LogP contribution >= 0.6 is 0 Å². The molecule has 0 amide bonds. The Bertz CT molecular complexity index is 2280. The van der Waals surface area contributed by atoms with E-state index in [0.717, 1.165) is 39.6 Å². The monoisotopic (exact) mass is 621 g/mol. The first-order valence-corrected chi connectivity index (χ1v) is 16.5. The number of aromatic nitrogens is 4. The molecular weight excluding hydrogens is 576 g/mol. The molecule has 238 valence electrons. The molecule has 0 saturated heterocycles. The van der Waals surface area contributed by atoms with Crippen molar-refractivity contribution in [2.24, 2.45) is 0 Å². The van der Waals surface area contributed by atoms with Gasteiger partial charge in [-0.05, 0) is 97.3 Å². The number of rotatable bonds is 4. The summed E-state index contributed by atoms with van der Waals surface area (Å²) >= 11 is 0. The summed E-state index contributed by atoms with van der Waals surface area (Å²) in [4.78, 5) is 4.85. The largest absolute Gasteiger partial charge is 0.457 e. The van der Waals surface area contributed by atoms with Gasteiger partial charge in [0.05, 0.1) is 11.0 Å². The molecule has 0 aliphatic rings. The second kappa shape index (κ2) is 10.8. The van der Waals surface area contributed by atoms with Crippen LogP contribution in [0.15, 0.2) is 110 Å². The molecule has 0 fully saturated rings. The van der Waals surface area contributed by atoms with Gasteiger partial charge in [0.2, 0.25) is 6.33 Å². The minimum absolute atomic E-state index is 0.0116. The van der Waals surface area contributed by atoms with E-state index in [0.29, 0.717) is 0 Å². The number of para-hydroxylation sites is 3. The fourth-order valence-electron chi connectivity index (χ4n) is 6.47. The molecule has 0 spiro atoms. The maximum absolute atomic E-state index is 6.78. The Hall–Kier alpha value is -4.90. The molecule has 0 bridgehead atoms. The molecule has 5 heteroatoms. The summed E-state index contributed by atoms with van der Waals surface area (Å²) in [5, 5.41) is 2.37. The van der Waals surface area contributed by atoms with E-state index in [1.807, 2.05) is 6.20 Å². The van der Waals surface area contributed by atoms with Crippen LogP contribution < -0.4 is 9.30 Å². The van der Waals surface area contributed by atoms with Crippen LogP contribution in [0.3, 0.4) is 0 Å². The fourth-order valence-corrected chi connectivity index (χ4v) is 6.47. The molecule has 5 nitrogen and oxygen atoms in total. The summed E-state index contributed by atoms with van der Waals surface area (Å²) in [6.07, 6.45) is 4.14. The van der Waals surface area contributed by atoms with Crippen LogP contribution in [0.4, 0.5) is 0 Å². The number of hydrogen-bond acceptors (Lipinski definition) is 2.